The second-order valence-corrected chi connectivity index (χ2v) is 8.73. The van der Waals surface area contributed by atoms with Crippen molar-refractivity contribution in [2.45, 2.75) is 45.1 Å². The predicted octanol–water partition coefficient (Wildman–Crippen LogP) is 2.02. The van der Waals surface area contributed by atoms with Gasteiger partial charge in [0.15, 0.2) is 6.10 Å². The molecule has 9 nitrogen and oxygen atoms in total. The van der Waals surface area contributed by atoms with Gasteiger partial charge in [-0.1, -0.05) is 19.0 Å². The molecule has 2 N–H and O–H groups in total. The second-order valence-electron chi connectivity index (χ2n) is 7.08. The van der Waals surface area contributed by atoms with E-state index in [9.17, 15) is 18.0 Å². The van der Waals surface area contributed by atoms with Crippen molar-refractivity contribution in [3.8, 4) is 5.75 Å². The van der Waals surface area contributed by atoms with Crippen LogP contribution in [-0.4, -0.2) is 31.5 Å². The average molecular weight is 407 g/mol. The number of nitrogens with zero attached hydrogens (tertiary/aromatic N) is 1. The van der Waals surface area contributed by atoms with Crippen molar-refractivity contribution in [3.05, 3.63) is 35.2 Å². The lowest BCUT2D eigenvalue weighted by molar-refractivity contribution is -0.122. The van der Waals surface area contributed by atoms with E-state index in [1.165, 1.54) is 18.2 Å². The summed E-state index contributed by atoms with van der Waals surface area (Å²) in [4.78, 5) is 23.9. The number of amides is 2. The smallest absolute Gasteiger partial charge is 0.303 e. The summed E-state index contributed by atoms with van der Waals surface area (Å²) in [5, 5.41) is 6.42. The molecule has 0 radical (unpaired) electrons. The Labute approximate surface area is 162 Å². The Kier molecular flexibility index (Phi) is 5.16. The molecule has 1 aliphatic rings. The molecule has 0 aliphatic carbocycles. The summed E-state index contributed by atoms with van der Waals surface area (Å²) >= 11 is 0. The van der Waals surface area contributed by atoms with Crippen LogP contribution in [0.3, 0.4) is 0 Å². The van der Waals surface area contributed by atoms with Gasteiger partial charge in [-0.2, -0.15) is 0 Å². The molecule has 0 unspecified atom stereocenters. The normalized spacial score (nSPS) is 16.3. The number of ether oxygens (including phenoxy) is 1. The maximum Gasteiger partial charge on any atom is 0.303 e. The Hall–Kier alpha value is -2.88. The van der Waals surface area contributed by atoms with Gasteiger partial charge in [0.25, 0.3) is 15.9 Å². The van der Waals surface area contributed by atoms with Crippen LogP contribution in [0.1, 0.15) is 42.6 Å². The lowest BCUT2D eigenvalue weighted by Gasteiger charge is -2.24. The Bertz CT molecular complexity index is 1040. The lowest BCUT2D eigenvalue weighted by Crippen LogP contribution is -2.35. The Balaban J connectivity index is 1.85. The van der Waals surface area contributed by atoms with Gasteiger partial charge in [0.05, 0.1) is 16.3 Å². The molecular formula is C18H21N3O6S. The summed E-state index contributed by atoms with van der Waals surface area (Å²) in [5.41, 5.74) is 1.29. The van der Waals surface area contributed by atoms with Gasteiger partial charge in [0.2, 0.25) is 5.76 Å². The van der Waals surface area contributed by atoms with Gasteiger partial charge in [0, 0.05) is 12.1 Å². The van der Waals surface area contributed by atoms with E-state index in [1.807, 2.05) is 18.6 Å². The van der Waals surface area contributed by atoms with Crippen molar-refractivity contribution < 1.29 is 27.3 Å². The van der Waals surface area contributed by atoms with E-state index in [0.29, 0.717) is 29.3 Å². The maximum atomic E-state index is 12.7. The third-order valence-electron chi connectivity index (χ3n) is 4.12. The minimum absolute atomic E-state index is 0.134. The topological polar surface area (TPSA) is 128 Å². The Morgan fingerprint density at radius 1 is 1.32 bits per heavy atom. The minimum Gasteiger partial charge on any atom is -0.479 e. The number of rotatable bonds is 5. The monoisotopic (exact) mass is 407 g/mol. The van der Waals surface area contributed by atoms with Crippen LogP contribution in [0.15, 0.2) is 27.6 Å². The molecule has 1 aromatic heterocycles. The lowest BCUT2D eigenvalue weighted by atomic mass is 10.1. The van der Waals surface area contributed by atoms with Gasteiger partial charge >= 0.3 is 5.91 Å². The molecule has 10 heteroatoms. The van der Waals surface area contributed by atoms with Crippen molar-refractivity contribution >= 4 is 27.5 Å². The number of nitrogens with one attached hydrogen (secondary N) is 2. The number of benzene rings is 1. The Morgan fingerprint density at radius 2 is 2.04 bits per heavy atom. The number of carbonyl (C=O) groups excluding carboxylic acids is 2. The van der Waals surface area contributed by atoms with Crippen molar-refractivity contribution in [1.29, 1.82) is 0 Å². The first-order valence-electron chi connectivity index (χ1n) is 8.71. The number of carbonyl (C=O) groups is 2. The molecule has 28 heavy (non-hydrogen) atoms. The highest BCUT2D eigenvalue weighted by Crippen LogP contribution is 2.34. The highest BCUT2D eigenvalue weighted by Gasteiger charge is 2.29. The van der Waals surface area contributed by atoms with Gasteiger partial charge < -0.3 is 14.6 Å². The van der Waals surface area contributed by atoms with E-state index in [1.54, 1.807) is 13.8 Å². The first-order chi connectivity index (χ1) is 13.1. The maximum absolute atomic E-state index is 12.7. The van der Waals surface area contributed by atoms with Crippen LogP contribution in [0.5, 0.6) is 5.75 Å². The summed E-state index contributed by atoms with van der Waals surface area (Å²) in [6, 6.07) is 4.18. The molecule has 1 aromatic carbocycles. The summed E-state index contributed by atoms with van der Waals surface area (Å²) < 4.78 is 37.8. The zero-order valence-electron chi connectivity index (χ0n) is 15.9. The molecule has 150 valence electrons. The molecule has 0 saturated heterocycles. The second kappa shape index (κ2) is 7.27. The fraction of sp³-hybridized carbons (Fsp3) is 0.389. The van der Waals surface area contributed by atoms with Gasteiger partial charge in [-0.05, 0) is 37.8 Å². The van der Waals surface area contributed by atoms with Gasteiger partial charge in [-0.15, -0.1) is 0 Å². The zero-order valence-corrected chi connectivity index (χ0v) is 16.7. The zero-order chi connectivity index (χ0) is 20.6. The highest BCUT2D eigenvalue weighted by atomic mass is 32.2. The molecule has 0 bridgehead atoms. The average Bonchev–Trinajstić information content (AvgIpc) is 3.03. The highest BCUT2D eigenvalue weighted by molar-refractivity contribution is 7.90. The number of hydrogen-bond acceptors (Lipinski definition) is 7. The first kappa shape index (κ1) is 19.9. The molecule has 2 heterocycles. The fourth-order valence-electron chi connectivity index (χ4n) is 2.79. The minimum atomic E-state index is -4.20. The van der Waals surface area contributed by atoms with Gasteiger partial charge in [-0.25, -0.2) is 13.1 Å². The van der Waals surface area contributed by atoms with Crippen molar-refractivity contribution in [2.75, 3.05) is 5.32 Å². The van der Waals surface area contributed by atoms with Crippen LogP contribution in [-0.2, 0) is 21.2 Å². The standard InChI is InChI=1S/C18H21N3O6S/c1-9(2)5-12-7-15(27-20-12)18(23)21-28(24,25)16-8-14-13(6-10(16)3)19-17(22)11(4)26-14/h6-9,11H,5H2,1-4H3,(H,19,22)(H,21,23)/t11-/m1/s1. The van der Waals surface area contributed by atoms with Gasteiger partial charge in [-0.3, -0.25) is 9.59 Å². The van der Waals surface area contributed by atoms with E-state index in [0.717, 1.165) is 0 Å². The predicted molar refractivity (Wildman–Crippen MR) is 99.6 cm³/mol. The summed E-state index contributed by atoms with van der Waals surface area (Å²) in [6.45, 7) is 7.08. The quantitative estimate of drug-likeness (QED) is 0.776. The van der Waals surface area contributed by atoms with E-state index >= 15 is 0 Å². The van der Waals surface area contributed by atoms with E-state index in [4.69, 9.17) is 9.26 Å². The number of sulfonamides is 1. The molecule has 0 saturated carbocycles. The molecular weight excluding hydrogens is 386 g/mol. The molecule has 1 aliphatic heterocycles. The van der Waals surface area contributed by atoms with Crippen LogP contribution < -0.4 is 14.8 Å². The van der Waals surface area contributed by atoms with Crippen molar-refractivity contribution in [3.63, 3.8) is 0 Å². The molecule has 0 spiro atoms. The number of fused-ring (bicyclic) bond motifs is 1. The molecule has 2 amide bonds. The molecule has 1 atom stereocenters. The fourth-order valence-corrected chi connectivity index (χ4v) is 3.99. The summed E-state index contributed by atoms with van der Waals surface area (Å²) in [6.07, 6.45) is -0.150. The van der Waals surface area contributed by atoms with Crippen molar-refractivity contribution in [2.24, 2.45) is 5.92 Å². The van der Waals surface area contributed by atoms with Crippen molar-refractivity contribution in [1.82, 2.24) is 9.88 Å². The number of hydrogen-bond donors (Lipinski definition) is 2. The van der Waals surface area contributed by atoms with Crippen LogP contribution in [0.4, 0.5) is 5.69 Å². The third-order valence-corrected chi connectivity index (χ3v) is 5.60. The van der Waals surface area contributed by atoms with E-state index in [2.05, 4.69) is 10.5 Å². The van der Waals surface area contributed by atoms with Crippen LogP contribution >= 0.6 is 0 Å². The first-order valence-corrected chi connectivity index (χ1v) is 10.2. The summed E-state index contributed by atoms with van der Waals surface area (Å²) in [5.74, 6) is -0.900. The van der Waals surface area contributed by atoms with Crippen LogP contribution in [0.25, 0.3) is 0 Å². The molecule has 2 aromatic rings. The number of anilines is 1. The van der Waals surface area contributed by atoms with Crippen LogP contribution in [0, 0.1) is 12.8 Å². The molecule has 0 fully saturated rings. The van der Waals surface area contributed by atoms with E-state index < -0.39 is 22.0 Å². The third kappa shape index (κ3) is 4.01. The SMILES string of the molecule is Cc1cc2c(cc1S(=O)(=O)NC(=O)c1cc(CC(C)C)no1)O[C@H](C)C(=O)N2. The van der Waals surface area contributed by atoms with Gasteiger partial charge in [0.1, 0.15) is 5.75 Å². The number of aryl methyl sites for hydroxylation is 1. The number of aromatic nitrogens is 1. The van der Waals surface area contributed by atoms with E-state index in [-0.39, 0.29) is 22.3 Å². The Morgan fingerprint density at radius 3 is 2.71 bits per heavy atom. The van der Waals surface area contributed by atoms with Crippen LogP contribution in [0.2, 0.25) is 0 Å². The summed E-state index contributed by atoms with van der Waals surface area (Å²) in [7, 11) is -4.20. The largest absolute Gasteiger partial charge is 0.479 e. The molecule has 3 rings (SSSR count).